The van der Waals surface area contributed by atoms with E-state index in [0.717, 1.165) is 11.1 Å². The molecule has 5 nitrogen and oxygen atoms in total. The molecule has 30 heavy (non-hydrogen) atoms. The van der Waals surface area contributed by atoms with Crippen molar-refractivity contribution in [3.05, 3.63) is 99.2 Å². The van der Waals surface area contributed by atoms with E-state index in [1.165, 1.54) is 0 Å². The zero-order valence-corrected chi connectivity index (χ0v) is 17.1. The zero-order chi connectivity index (χ0) is 21.1. The van der Waals surface area contributed by atoms with E-state index in [-0.39, 0.29) is 11.7 Å². The number of rotatable bonds is 4. The molecule has 0 fully saturated rings. The van der Waals surface area contributed by atoms with Gasteiger partial charge in [-0.2, -0.15) is 0 Å². The van der Waals surface area contributed by atoms with Gasteiger partial charge in [0.25, 0.3) is 11.8 Å². The summed E-state index contributed by atoms with van der Waals surface area (Å²) in [6, 6.07) is 19.2. The monoisotopic (exact) mass is 438 g/mol. The van der Waals surface area contributed by atoms with E-state index in [4.69, 9.17) is 27.9 Å². The average Bonchev–Trinajstić information content (AvgIpc) is 2.74. The summed E-state index contributed by atoms with van der Waals surface area (Å²) in [6.45, 7) is 0.341. The fourth-order valence-electron chi connectivity index (χ4n) is 2.94. The minimum Gasteiger partial charge on any atom is -0.449 e. The number of ether oxygens (including phenoxy) is 1. The fraction of sp³-hybridized carbons (Fsp3) is 0.0435. The van der Waals surface area contributed by atoms with Crippen LogP contribution in [0.15, 0.2) is 72.5 Å². The van der Waals surface area contributed by atoms with E-state index >= 15 is 0 Å². The van der Waals surface area contributed by atoms with Crippen LogP contribution in [0.5, 0.6) is 5.75 Å². The van der Waals surface area contributed by atoms with E-state index in [0.29, 0.717) is 33.6 Å². The van der Waals surface area contributed by atoms with Gasteiger partial charge in [-0.15, -0.1) is 0 Å². The molecule has 0 radical (unpaired) electrons. The molecule has 0 spiro atoms. The van der Waals surface area contributed by atoms with Crippen molar-refractivity contribution in [2.24, 2.45) is 0 Å². The molecule has 1 heterocycles. The van der Waals surface area contributed by atoms with Gasteiger partial charge >= 0.3 is 0 Å². The van der Waals surface area contributed by atoms with Crippen LogP contribution in [0.2, 0.25) is 10.0 Å². The first-order valence-electron chi connectivity index (χ1n) is 9.11. The summed E-state index contributed by atoms with van der Waals surface area (Å²) < 4.78 is 5.73. The Labute approximate surface area is 183 Å². The summed E-state index contributed by atoms with van der Waals surface area (Å²) in [4.78, 5) is 24.9. The number of benzene rings is 3. The summed E-state index contributed by atoms with van der Waals surface area (Å²) in [5.41, 5.74) is 2.51. The van der Waals surface area contributed by atoms with Gasteiger partial charge in [0.1, 0.15) is 0 Å². The topological polar surface area (TPSA) is 67.4 Å². The predicted molar refractivity (Wildman–Crippen MR) is 118 cm³/mol. The van der Waals surface area contributed by atoms with Crippen molar-refractivity contribution in [3.63, 3.8) is 0 Å². The number of anilines is 1. The molecule has 0 atom stereocenters. The number of amides is 2. The molecule has 7 heteroatoms. The Hall–Kier alpha value is -3.28. The second-order valence-electron chi connectivity index (χ2n) is 6.64. The highest BCUT2D eigenvalue weighted by molar-refractivity contribution is 6.30. The van der Waals surface area contributed by atoms with Crippen LogP contribution in [0, 0.1) is 0 Å². The predicted octanol–water partition coefficient (Wildman–Crippen LogP) is 5.30. The van der Waals surface area contributed by atoms with Gasteiger partial charge in [-0.3, -0.25) is 9.59 Å². The van der Waals surface area contributed by atoms with Crippen LogP contribution in [-0.2, 0) is 11.3 Å². The average molecular weight is 439 g/mol. The lowest BCUT2D eigenvalue weighted by molar-refractivity contribution is -0.115. The van der Waals surface area contributed by atoms with Crippen molar-refractivity contribution in [2.45, 2.75) is 6.54 Å². The Morgan fingerprint density at radius 1 is 1.00 bits per heavy atom. The Kier molecular flexibility index (Phi) is 5.74. The van der Waals surface area contributed by atoms with Crippen molar-refractivity contribution in [1.82, 2.24) is 5.32 Å². The molecule has 0 aliphatic carbocycles. The molecular formula is C23H16Cl2N2O3. The van der Waals surface area contributed by atoms with E-state index in [2.05, 4.69) is 10.6 Å². The number of fused-ring (bicyclic) bond motifs is 1. The molecule has 1 aliphatic heterocycles. The first-order valence-corrected chi connectivity index (χ1v) is 9.87. The van der Waals surface area contributed by atoms with Crippen molar-refractivity contribution in [3.8, 4) is 5.75 Å². The van der Waals surface area contributed by atoms with E-state index < -0.39 is 5.91 Å². The largest absolute Gasteiger partial charge is 0.449 e. The van der Waals surface area contributed by atoms with Gasteiger partial charge in [-0.1, -0.05) is 47.5 Å². The highest BCUT2D eigenvalue weighted by Gasteiger charge is 2.23. The maximum Gasteiger partial charge on any atom is 0.291 e. The molecule has 0 saturated carbocycles. The van der Waals surface area contributed by atoms with Gasteiger partial charge in [0.2, 0.25) is 0 Å². The van der Waals surface area contributed by atoms with Crippen LogP contribution in [0.3, 0.4) is 0 Å². The first kappa shape index (κ1) is 20.0. The maximum absolute atomic E-state index is 12.5. The van der Waals surface area contributed by atoms with Gasteiger partial charge in [0.15, 0.2) is 11.5 Å². The quantitative estimate of drug-likeness (QED) is 0.543. The standard InChI is InChI=1S/C23H16Cl2N2O3/c24-17-7-4-14(5-8-17)11-21-23(29)27-19-12-16(6-9-20(19)30-21)22(28)26-13-15-2-1-3-18(25)10-15/h1-12H,13H2,(H,26,28)(H,27,29)/b21-11-. The Bertz CT molecular complexity index is 1160. The van der Waals surface area contributed by atoms with Crippen LogP contribution in [-0.4, -0.2) is 11.8 Å². The normalized spacial score (nSPS) is 13.9. The number of hydrogen-bond acceptors (Lipinski definition) is 3. The highest BCUT2D eigenvalue weighted by atomic mass is 35.5. The summed E-state index contributed by atoms with van der Waals surface area (Å²) in [5.74, 6) is -0.0485. The molecular weight excluding hydrogens is 423 g/mol. The lowest BCUT2D eigenvalue weighted by Gasteiger charge is -2.20. The van der Waals surface area contributed by atoms with Crippen LogP contribution >= 0.6 is 23.2 Å². The molecule has 150 valence electrons. The second kappa shape index (κ2) is 8.61. The van der Waals surface area contributed by atoms with E-state index in [1.807, 2.05) is 12.1 Å². The Morgan fingerprint density at radius 3 is 2.57 bits per heavy atom. The van der Waals surface area contributed by atoms with Gasteiger partial charge < -0.3 is 15.4 Å². The smallest absolute Gasteiger partial charge is 0.291 e. The van der Waals surface area contributed by atoms with Crippen molar-refractivity contribution in [1.29, 1.82) is 0 Å². The van der Waals surface area contributed by atoms with Crippen LogP contribution < -0.4 is 15.4 Å². The van der Waals surface area contributed by atoms with Crippen molar-refractivity contribution in [2.75, 3.05) is 5.32 Å². The minimum atomic E-state index is -0.395. The van der Waals surface area contributed by atoms with E-state index in [1.54, 1.807) is 60.7 Å². The summed E-state index contributed by atoms with van der Waals surface area (Å²) in [5, 5.41) is 6.81. The number of hydrogen-bond donors (Lipinski definition) is 2. The minimum absolute atomic E-state index is 0.156. The third kappa shape index (κ3) is 4.64. The van der Waals surface area contributed by atoms with Crippen LogP contribution in [0.4, 0.5) is 5.69 Å². The third-order valence-electron chi connectivity index (χ3n) is 4.44. The molecule has 0 unspecified atom stereocenters. The number of carbonyl (C=O) groups excluding carboxylic acids is 2. The zero-order valence-electron chi connectivity index (χ0n) is 15.6. The SMILES string of the molecule is O=C1Nc2cc(C(=O)NCc3cccc(Cl)c3)ccc2O/C1=C\c1ccc(Cl)cc1. The lowest BCUT2D eigenvalue weighted by Crippen LogP contribution is -2.25. The molecule has 1 aliphatic rings. The van der Waals surface area contributed by atoms with Crippen LogP contribution in [0.1, 0.15) is 21.5 Å². The summed E-state index contributed by atoms with van der Waals surface area (Å²) in [7, 11) is 0. The molecule has 0 aromatic heterocycles. The highest BCUT2D eigenvalue weighted by Crippen LogP contribution is 2.32. The Balaban J connectivity index is 1.48. The molecule has 2 amide bonds. The second-order valence-corrected chi connectivity index (χ2v) is 7.51. The van der Waals surface area contributed by atoms with E-state index in [9.17, 15) is 9.59 Å². The Morgan fingerprint density at radius 2 is 1.80 bits per heavy atom. The maximum atomic E-state index is 12.5. The number of halogens is 2. The van der Waals surface area contributed by atoms with Gasteiger partial charge in [0.05, 0.1) is 5.69 Å². The molecule has 3 aromatic rings. The number of nitrogens with one attached hydrogen (secondary N) is 2. The molecule has 0 saturated heterocycles. The third-order valence-corrected chi connectivity index (χ3v) is 4.93. The fourth-order valence-corrected chi connectivity index (χ4v) is 3.28. The van der Waals surface area contributed by atoms with Crippen LogP contribution in [0.25, 0.3) is 6.08 Å². The molecule has 0 bridgehead atoms. The van der Waals surface area contributed by atoms with Gasteiger partial charge in [-0.05, 0) is 59.7 Å². The molecule has 4 rings (SSSR count). The summed E-state index contributed by atoms with van der Waals surface area (Å²) >= 11 is 11.8. The van der Waals surface area contributed by atoms with Gasteiger partial charge in [-0.25, -0.2) is 0 Å². The molecule has 3 aromatic carbocycles. The summed E-state index contributed by atoms with van der Waals surface area (Å²) in [6.07, 6.45) is 1.63. The van der Waals surface area contributed by atoms with Gasteiger partial charge in [0, 0.05) is 22.2 Å². The van der Waals surface area contributed by atoms with Crippen molar-refractivity contribution >= 4 is 46.8 Å². The lowest BCUT2D eigenvalue weighted by atomic mass is 10.1. The number of carbonyl (C=O) groups is 2. The first-order chi connectivity index (χ1) is 14.5. The molecule has 2 N–H and O–H groups in total. The van der Waals surface area contributed by atoms with Crippen molar-refractivity contribution < 1.29 is 14.3 Å².